The Morgan fingerprint density at radius 3 is 2.44 bits per heavy atom. The van der Waals surface area contributed by atoms with Gasteiger partial charge in [-0.2, -0.15) is 0 Å². The Kier molecular flexibility index (Phi) is 8.00. The number of carbonyl (C=O) groups excluding carboxylic acids is 1. The first-order chi connectivity index (χ1) is 16.0. The lowest BCUT2D eigenvalue weighted by atomic mass is 9.74. The van der Waals surface area contributed by atoms with Crippen molar-refractivity contribution in [1.82, 2.24) is 4.90 Å². The second-order valence-corrected chi connectivity index (χ2v) is 12.3. The number of halogens is 3. The summed E-state index contributed by atoms with van der Waals surface area (Å²) in [7, 11) is 0. The Morgan fingerprint density at radius 2 is 1.79 bits per heavy atom. The van der Waals surface area contributed by atoms with Crippen LogP contribution in [0.15, 0.2) is 35.2 Å². The third kappa shape index (κ3) is 6.17. The number of piperidine rings is 1. The average Bonchev–Trinajstić information content (AvgIpc) is 3.09. The van der Waals surface area contributed by atoms with Gasteiger partial charge in [-0.25, -0.2) is 0 Å². The molecule has 2 aromatic rings. The maximum atomic E-state index is 12.1. The first kappa shape index (κ1) is 26.0. The van der Waals surface area contributed by atoms with Gasteiger partial charge in [0.25, 0.3) is 0 Å². The first-order valence-corrected chi connectivity index (χ1v) is 13.6. The average molecular weight is 543 g/mol. The molecule has 2 aliphatic rings. The van der Waals surface area contributed by atoms with Crippen molar-refractivity contribution in [2.75, 3.05) is 26.2 Å². The summed E-state index contributed by atoms with van der Waals surface area (Å²) in [5.41, 5.74) is 1.81. The van der Waals surface area contributed by atoms with E-state index in [1.54, 1.807) is 23.9 Å². The van der Waals surface area contributed by atoms with Gasteiger partial charge in [-0.3, -0.25) is 4.79 Å². The quantitative estimate of drug-likeness (QED) is 0.281. The Labute approximate surface area is 221 Å². The molecule has 0 radical (unpaired) electrons. The van der Waals surface area contributed by atoms with Gasteiger partial charge in [-0.05, 0) is 76.5 Å². The van der Waals surface area contributed by atoms with E-state index in [4.69, 9.17) is 44.3 Å². The number of ether oxygens (including phenoxy) is 2. The standard InChI is InChI=1S/C26H30Cl3NO3S/c1-25(2,3)33-24(31)6-9-30-10-7-26(8-11-30)16-32-23-14-18(4-5-20(23)26)34-15-19-21(28)12-17(27)13-22(19)29/h4-5,12-14H,6-11,15-16H2,1-3H3. The second-order valence-electron chi connectivity index (χ2n) is 10.0. The fourth-order valence-electron chi connectivity index (χ4n) is 4.57. The van der Waals surface area contributed by atoms with Crippen molar-refractivity contribution in [2.24, 2.45) is 0 Å². The summed E-state index contributed by atoms with van der Waals surface area (Å²) >= 11 is 20.4. The molecule has 34 heavy (non-hydrogen) atoms. The number of thioether (sulfide) groups is 1. The molecule has 4 nitrogen and oxygen atoms in total. The van der Waals surface area contributed by atoms with Gasteiger partial charge in [-0.1, -0.05) is 40.9 Å². The van der Waals surface area contributed by atoms with E-state index >= 15 is 0 Å². The molecule has 4 rings (SSSR count). The van der Waals surface area contributed by atoms with E-state index in [0.29, 0.717) is 33.8 Å². The van der Waals surface area contributed by atoms with Crippen LogP contribution < -0.4 is 4.74 Å². The highest BCUT2D eigenvalue weighted by atomic mass is 35.5. The molecule has 0 unspecified atom stereocenters. The molecule has 2 aliphatic heterocycles. The third-order valence-electron chi connectivity index (χ3n) is 6.38. The van der Waals surface area contributed by atoms with Crippen LogP contribution >= 0.6 is 46.6 Å². The Bertz CT molecular complexity index is 1040. The zero-order valence-corrected chi connectivity index (χ0v) is 22.8. The SMILES string of the molecule is CC(C)(C)OC(=O)CCN1CCC2(CC1)COc1cc(SCc3c(Cl)cc(Cl)cc3Cl)ccc12. The van der Waals surface area contributed by atoms with Gasteiger partial charge in [0.05, 0.1) is 13.0 Å². The van der Waals surface area contributed by atoms with E-state index in [-0.39, 0.29) is 11.4 Å². The zero-order chi connectivity index (χ0) is 24.5. The molecule has 0 N–H and O–H groups in total. The fraction of sp³-hybridized carbons (Fsp3) is 0.500. The smallest absolute Gasteiger partial charge is 0.307 e. The van der Waals surface area contributed by atoms with Crippen molar-refractivity contribution in [3.05, 3.63) is 56.5 Å². The van der Waals surface area contributed by atoms with Gasteiger partial charge in [0.2, 0.25) is 0 Å². The van der Waals surface area contributed by atoms with Gasteiger partial charge in [0, 0.05) is 43.2 Å². The minimum absolute atomic E-state index is 0.0593. The number of carbonyl (C=O) groups is 1. The normalized spacial score (nSPS) is 17.5. The molecule has 0 saturated carbocycles. The zero-order valence-electron chi connectivity index (χ0n) is 19.8. The van der Waals surface area contributed by atoms with Crippen LogP contribution in [0.25, 0.3) is 0 Å². The van der Waals surface area contributed by atoms with Gasteiger partial charge in [0.1, 0.15) is 11.4 Å². The van der Waals surface area contributed by atoms with Gasteiger partial charge in [0.15, 0.2) is 0 Å². The minimum Gasteiger partial charge on any atom is -0.492 e. The van der Waals surface area contributed by atoms with E-state index in [1.165, 1.54) is 5.56 Å². The molecule has 0 amide bonds. The van der Waals surface area contributed by atoms with Crippen molar-refractivity contribution in [2.45, 2.75) is 61.7 Å². The molecule has 0 bridgehead atoms. The molecule has 0 atom stereocenters. The summed E-state index contributed by atoms with van der Waals surface area (Å²) < 4.78 is 11.6. The van der Waals surface area contributed by atoms with Gasteiger partial charge < -0.3 is 14.4 Å². The number of hydrogen-bond acceptors (Lipinski definition) is 5. The molecule has 1 saturated heterocycles. The molecule has 0 aliphatic carbocycles. The topological polar surface area (TPSA) is 38.8 Å². The van der Waals surface area contributed by atoms with Crippen molar-refractivity contribution < 1.29 is 14.3 Å². The van der Waals surface area contributed by atoms with Crippen molar-refractivity contribution in [3.63, 3.8) is 0 Å². The Balaban J connectivity index is 1.34. The van der Waals surface area contributed by atoms with Crippen LogP contribution in [-0.4, -0.2) is 42.7 Å². The number of fused-ring (bicyclic) bond motifs is 2. The third-order valence-corrected chi connectivity index (χ3v) is 8.30. The van der Waals surface area contributed by atoms with E-state index in [9.17, 15) is 4.79 Å². The number of benzene rings is 2. The highest BCUT2D eigenvalue weighted by Gasteiger charge is 2.43. The van der Waals surface area contributed by atoms with E-state index < -0.39 is 5.60 Å². The summed E-state index contributed by atoms with van der Waals surface area (Å²) in [4.78, 5) is 15.5. The predicted octanol–water partition coefficient (Wildman–Crippen LogP) is 7.40. The summed E-state index contributed by atoms with van der Waals surface area (Å²) in [6.07, 6.45) is 2.48. The maximum Gasteiger partial charge on any atom is 0.307 e. The number of rotatable bonds is 6. The first-order valence-electron chi connectivity index (χ1n) is 11.5. The maximum absolute atomic E-state index is 12.1. The monoisotopic (exact) mass is 541 g/mol. The summed E-state index contributed by atoms with van der Waals surface area (Å²) in [5, 5.41) is 1.70. The van der Waals surface area contributed by atoms with Crippen LogP contribution in [0.3, 0.4) is 0 Å². The molecule has 2 heterocycles. The summed E-state index contributed by atoms with van der Waals surface area (Å²) in [6.45, 7) is 9.07. The van der Waals surface area contributed by atoms with E-state index in [2.05, 4.69) is 23.1 Å². The molecular weight excluding hydrogens is 513 g/mol. The summed E-state index contributed by atoms with van der Waals surface area (Å²) in [5.74, 6) is 1.50. The largest absolute Gasteiger partial charge is 0.492 e. The minimum atomic E-state index is -0.432. The van der Waals surface area contributed by atoms with Crippen LogP contribution in [0.5, 0.6) is 5.75 Å². The summed E-state index contributed by atoms with van der Waals surface area (Å²) in [6, 6.07) is 9.95. The molecule has 2 aromatic carbocycles. The number of hydrogen-bond donors (Lipinski definition) is 0. The van der Waals surface area contributed by atoms with E-state index in [0.717, 1.165) is 48.7 Å². The lowest BCUT2D eigenvalue weighted by molar-refractivity contribution is -0.155. The number of likely N-dealkylation sites (tertiary alicyclic amines) is 1. The highest BCUT2D eigenvalue weighted by Crippen LogP contribution is 2.47. The van der Waals surface area contributed by atoms with Crippen molar-refractivity contribution in [1.29, 1.82) is 0 Å². The molecule has 1 fully saturated rings. The van der Waals surface area contributed by atoms with Gasteiger partial charge in [-0.15, -0.1) is 11.8 Å². The number of nitrogens with zero attached hydrogens (tertiary/aromatic N) is 1. The lowest BCUT2D eigenvalue weighted by Gasteiger charge is -2.38. The predicted molar refractivity (Wildman–Crippen MR) is 141 cm³/mol. The molecule has 1 spiro atoms. The molecule has 8 heteroatoms. The molecular formula is C26H30Cl3NO3S. The van der Waals surface area contributed by atoms with Crippen LogP contribution in [0.1, 0.15) is 51.2 Å². The van der Waals surface area contributed by atoms with Crippen LogP contribution in [0.2, 0.25) is 15.1 Å². The van der Waals surface area contributed by atoms with Crippen LogP contribution in [0.4, 0.5) is 0 Å². The van der Waals surface area contributed by atoms with E-state index in [1.807, 2.05) is 20.8 Å². The molecule has 0 aromatic heterocycles. The van der Waals surface area contributed by atoms with Gasteiger partial charge >= 0.3 is 5.97 Å². The van der Waals surface area contributed by atoms with Crippen molar-refractivity contribution >= 4 is 52.5 Å². The van der Waals surface area contributed by atoms with Crippen LogP contribution in [-0.2, 0) is 20.7 Å². The lowest BCUT2D eigenvalue weighted by Crippen LogP contribution is -2.44. The number of esters is 1. The highest BCUT2D eigenvalue weighted by molar-refractivity contribution is 7.98. The van der Waals surface area contributed by atoms with Crippen molar-refractivity contribution in [3.8, 4) is 5.75 Å². The Hall–Kier alpha value is -1.11. The fourth-order valence-corrected chi connectivity index (χ4v) is 6.66. The van der Waals surface area contributed by atoms with Crippen LogP contribution in [0, 0.1) is 0 Å². The Morgan fingerprint density at radius 1 is 1.12 bits per heavy atom. The second kappa shape index (κ2) is 10.5. The molecule has 184 valence electrons.